The quantitative estimate of drug-likeness (QED) is 0.684. The molecule has 0 N–H and O–H groups in total. The summed E-state index contributed by atoms with van der Waals surface area (Å²) < 4.78 is 23.6. The summed E-state index contributed by atoms with van der Waals surface area (Å²) in [7, 11) is 0. The van der Waals surface area contributed by atoms with Crippen molar-refractivity contribution in [1.29, 1.82) is 0 Å². The number of aromatic nitrogens is 2. The van der Waals surface area contributed by atoms with Crippen LogP contribution >= 0.6 is 11.3 Å². The lowest BCUT2D eigenvalue weighted by atomic mass is 10.2. The van der Waals surface area contributed by atoms with E-state index in [4.69, 9.17) is 9.15 Å². The molecule has 1 aromatic carbocycles. The highest BCUT2D eigenvalue weighted by molar-refractivity contribution is 7.11. The van der Waals surface area contributed by atoms with Gasteiger partial charge >= 0.3 is 5.97 Å². The Balaban J connectivity index is 1.73. The van der Waals surface area contributed by atoms with Crippen LogP contribution in [-0.4, -0.2) is 16.2 Å². The first-order chi connectivity index (χ1) is 10.6. The monoisotopic (exact) mass is 318 g/mol. The number of hydrogen-bond donors (Lipinski definition) is 0. The first kappa shape index (κ1) is 14.4. The van der Waals surface area contributed by atoms with Crippen molar-refractivity contribution in [1.82, 2.24) is 10.2 Å². The minimum atomic E-state index is -0.670. The van der Waals surface area contributed by atoms with Gasteiger partial charge in [0.05, 0.1) is 0 Å². The Kier molecular flexibility index (Phi) is 3.97. The lowest BCUT2D eigenvalue weighted by Gasteiger charge is -2.07. The number of esters is 1. The van der Waals surface area contributed by atoms with Crippen LogP contribution in [0.25, 0.3) is 11.5 Å². The number of thiophene rings is 1. The average Bonchev–Trinajstić information content (AvgIpc) is 3.20. The van der Waals surface area contributed by atoms with E-state index in [9.17, 15) is 9.18 Å². The third-order valence-electron chi connectivity index (χ3n) is 2.89. The molecule has 0 aliphatic heterocycles. The molecule has 0 aliphatic rings. The molecular formula is C15H11FN2O3S. The maximum atomic E-state index is 12.9. The summed E-state index contributed by atoms with van der Waals surface area (Å²) >= 11 is 1.29. The zero-order valence-corrected chi connectivity index (χ0v) is 12.3. The average molecular weight is 318 g/mol. The third-order valence-corrected chi connectivity index (χ3v) is 3.74. The summed E-state index contributed by atoms with van der Waals surface area (Å²) in [5.74, 6) is -0.357. The first-order valence-corrected chi connectivity index (χ1v) is 7.35. The van der Waals surface area contributed by atoms with E-state index in [1.807, 2.05) is 0 Å². The highest BCUT2D eigenvalue weighted by Gasteiger charge is 2.20. The molecule has 0 unspecified atom stereocenters. The summed E-state index contributed by atoms with van der Waals surface area (Å²) in [4.78, 5) is 12.4. The van der Waals surface area contributed by atoms with Gasteiger partial charge in [-0.3, -0.25) is 0 Å². The van der Waals surface area contributed by atoms with Crippen molar-refractivity contribution in [2.75, 3.05) is 0 Å². The molecule has 22 heavy (non-hydrogen) atoms. The Labute approximate surface area is 129 Å². The molecule has 3 aromatic rings. The van der Waals surface area contributed by atoms with Crippen molar-refractivity contribution in [2.45, 2.75) is 13.0 Å². The number of rotatable bonds is 4. The largest absolute Gasteiger partial charge is 0.448 e. The molecule has 0 saturated carbocycles. The van der Waals surface area contributed by atoms with Gasteiger partial charge in [-0.25, -0.2) is 9.18 Å². The molecule has 3 rings (SSSR count). The summed E-state index contributed by atoms with van der Waals surface area (Å²) in [5, 5.41) is 9.54. The van der Waals surface area contributed by atoms with Gasteiger partial charge in [0.15, 0.2) is 6.10 Å². The Morgan fingerprint density at radius 3 is 2.73 bits per heavy atom. The molecule has 7 heteroatoms. The second-order valence-corrected chi connectivity index (χ2v) is 5.42. The van der Waals surface area contributed by atoms with Gasteiger partial charge in [0.1, 0.15) is 10.7 Å². The van der Waals surface area contributed by atoms with Crippen LogP contribution in [0, 0.1) is 5.82 Å². The fourth-order valence-corrected chi connectivity index (χ4v) is 2.38. The maximum absolute atomic E-state index is 12.9. The highest BCUT2D eigenvalue weighted by Crippen LogP contribution is 2.23. The second kappa shape index (κ2) is 6.07. The van der Waals surface area contributed by atoms with Crippen molar-refractivity contribution in [3.8, 4) is 11.5 Å². The van der Waals surface area contributed by atoms with E-state index in [1.165, 1.54) is 35.6 Å². The van der Waals surface area contributed by atoms with E-state index in [0.717, 1.165) is 0 Å². The Bertz CT molecular complexity index is 768. The van der Waals surface area contributed by atoms with E-state index < -0.39 is 12.1 Å². The number of hydrogen-bond acceptors (Lipinski definition) is 6. The Morgan fingerprint density at radius 1 is 1.27 bits per heavy atom. The van der Waals surface area contributed by atoms with Gasteiger partial charge in [0, 0.05) is 5.56 Å². The standard InChI is InChI=1S/C15H11FN2O3S/c1-9(20-15(19)12-3-2-8-22-12)13-17-18-14(21-13)10-4-6-11(16)7-5-10/h2-9H,1H3/t9-/m0/s1. The van der Waals surface area contributed by atoms with Crippen molar-refractivity contribution in [3.05, 3.63) is 58.4 Å². The van der Waals surface area contributed by atoms with Crippen molar-refractivity contribution in [2.24, 2.45) is 0 Å². The molecule has 0 saturated heterocycles. The maximum Gasteiger partial charge on any atom is 0.349 e. The van der Waals surface area contributed by atoms with Gasteiger partial charge in [0.2, 0.25) is 5.89 Å². The van der Waals surface area contributed by atoms with E-state index >= 15 is 0 Å². The minimum absolute atomic E-state index is 0.184. The third kappa shape index (κ3) is 3.04. The molecule has 5 nitrogen and oxygen atoms in total. The molecular weight excluding hydrogens is 307 g/mol. The van der Waals surface area contributed by atoms with Gasteiger partial charge in [-0.15, -0.1) is 21.5 Å². The van der Waals surface area contributed by atoms with Crippen LogP contribution in [0.4, 0.5) is 4.39 Å². The highest BCUT2D eigenvalue weighted by atomic mass is 32.1. The number of halogens is 1. The molecule has 112 valence electrons. The van der Waals surface area contributed by atoms with Crippen LogP contribution in [0.2, 0.25) is 0 Å². The normalized spacial score (nSPS) is 12.1. The minimum Gasteiger partial charge on any atom is -0.448 e. The SMILES string of the molecule is C[C@H](OC(=O)c1cccs1)c1nnc(-c2ccc(F)cc2)o1. The Hall–Kier alpha value is -2.54. The van der Waals surface area contributed by atoms with Crippen molar-refractivity contribution >= 4 is 17.3 Å². The second-order valence-electron chi connectivity index (χ2n) is 4.48. The Morgan fingerprint density at radius 2 is 2.05 bits per heavy atom. The van der Waals surface area contributed by atoms with Crippen LogP contribution in [0.5, 0.6) is 0 Å². The van der Waals surface area contributed by atoms with Gasteiger partial charge in [-0.2, -0.15) is 0 Å². The van der Waals surface area contributed by atoms with Gasteiger partial charge < -0.3 is 9.15 Å². The molecule has 0 bridgehead atoms. The predicted octanol–water partition coefficient (Wildman–Crippen LogP) is 3.86. The van der Waals surface area contributed by atoms with E-state index in [-0.39, 0.29) is 17.6 Å². The smallest absolute Gasteiger partial charge is 0.349 e. The zero-order chi connectivity index (χ0) is 15.5. The molecule has 0 fully saturated rings. The summed E-state index contributed by atoms with van der Waals surface area (Å²) in [6.45, 7) is 1.65. The molecule has 1 atom stereocenters. The fourth-order valence-electron chi connectivity index (χ4n) is 1.77. The molecule has 2 aromatic heterocycles. The van der Waals surface area contributed by atoms with Gasteiger partial charge in [-0.1, -0.05) is 6.07 Å². The molecule has 0 amide bonds. The number of ether oxygens (including phenoxy) is 1. The van der Waals surface area contributed by atoms with Gasteiger partial charge in [0.25, 0.3) is 5.89 Å². The fraction of sp³-hybridized carbons (Fsp3) is 0.133. The lowest BCUT2D eigenvalue weighted by molar-refractivity contribution is 0.0285. The van der Waals surface area contributed by atoms with Crippen LogP contribution in [0.1, 0.15) is 28.6 Å². The van der Waals surface area contributed by atoms with Crippen LogP contribution in [0.3, 0.4) is 0 Å². The van der Waals surface area contributed by atoms with Gasteiger partial charge in [-0.05, 0) is 42.6 Å². The van der Waals surface area contributed by atoms with Crippen LogP contribution in [0.15, 0.2) is 46.2 Å². The topological polar surface area (TPSA) is 65.2 Å². The number of nitrogens with zero attached hydrogens (tertiary/aromatic N) is 2. The van der Waals surface area contributed by atoms with E-state index in [1.54, 1.807) is 24.4 Å². The number of carbonyl (C=O) groups excluding carboxylic acids is 1. The van der Waals surface area contributed by atoms with Crippen LogP contribution in [-0.2, 0) is 4.74 Å². The molecule has 0 aliphatic carbocycles. The van der Waals surface area contributed by atoms with E-state index in [0.29, 0.717) is 10.4 Å². The molecule has 0 spiro atoms. The summed E-state index contributed by atoms with van der Waals surface area (Å²) in [6, 6.07) is 9.13. The summed E-state index contributed by atoms with van der Waals surface area (Å²) in [6.07, 6.45) is -0.670. The predicted molar refractivity (Wildman–Crippen MR) is 77.8 cm³/mol. The number of benzene rings is 1. The lowest BCUT2D eigenvalue weighted by Crippen LogP contribution is -2.08. The number of carbonyl (C=O) groups is 1. The summed E-state index contributed by atoms with van der Waals surface area (Å²) in [5.41, 5.74) is 0.594. The van der Waals surface area contributed by atoms with Crippen molar-refractivity contribution in [3.63, 3.8) is 0 Å². The van der Waals surface area contributed by atoms with Crippen LogP contribution < -0.4 is 0 Å². The molecule has 0 radical (unpaired) electrons. The zero-order valence-electron chi connectivity index (χ0n) is 11.5. The first-order valence-electron chi connectivity index (χ1n) is 6.47. The van der Waals surface area contributed by atoms with E-state index in [2.05, 4.69) is 10.2 Å². The molecule has 2 heterocycles. The van der Waals surface area contributed by atoms with Crippen molar-refractivity contribution < 1.29 is 18.3 Å².